The fourth-order valence-corrected chi connectivity index (χ4v) is 2.92. The van der Waals surface area contributed by atoms with Gasteiger partial charge in [0.25, 0.3) is 0 Å². The van der Waals surface area contributed by atoms with E-state index in [1.54, 1.807) is 14.2 Å². The molecule has 28 heavy (non-hydrogen) atoms. The van der Waals surface area contributed by atoms with Crippen LogP contribution in [0, 0.1) is 6.92 Å². The van der Waals surface area contributed by atoms with E-state index in [0.29, 0.717) is 30.4 Å². The number of ether oxygens (including phenoxy) is 3. The van der Waals surface area contributed by atoms with Crippen molar-refractivity contribution in [3.8, 4) is 17.2 Å². The summed E-state index contributed by atoms with van der Waals surface area (Å²) in [5, 5.41) is 7.72. The van der Waals surface area contributed by atoms with Crippen LogP contribution in [0.2, 0.25) is 0 Å². The smallest absolute Gasteiger partial charge is 0.203 e. The molecule has 0 aliphatic carbocycles. The van der Waals surface area contributed by atoms with Gasteiger partial charge in [0, 0.05) is 19.3 Å². The maximum atomic E-state index is 5.99. The number of methoxy groups -OCH3 is 2. The molecular weight excluding hydrogens is 354 g/mol. The minimum absolute atomic E-state index is 0.453. The number of nitrogens with zero attached hydrogens (tertiary/aromatic N) is 2. The summed E-state index contributed by atoms with van der Waals surface area (Å²) < 4.78 is 19.0. The molecule has 1 heterocycles. The molecule has 3 aromatic rings. The maximum Gasteiger partial charge on any atom is 0.203 e. The van der Waals surface area contributed by atoms with Gasteiger partial charge in [-0.3, -0.25) is 4.68 Å². The molecule has 0 fully saturated rings. The van der Waals surface area contributed by atoms with Crippen molar-refractivity contribution in [1.82, 2.24) is 15.1 Å². The van der Waals surface area contributed by atoms with Gasteiger partial charge in [-0.25, -0.2) is 0 Å². The van der Waals surface area contributed by atoms with Crippen molar-refractivity contribution in [1.29, 1.82) is 0 Å². The molecule has 6 heteroatoms. The predicted molar refractivity (Wildman–Crippen MR) is 109 cm³/mol. The summed E-state index contributed by atoms with van der Waals surface area (Å²) in [6.45, 7) is 4.83. The lowest BCUT2D eigenvalue weighted by Crippen LogP contribution is -2.19. The first kappa shape index (κ1) is 19.8. The normalized spacial score (nSPS) is 10.7. The number of rotatable bonds is 10. The van der Waals surface area contributed by atoms with E-state index in [0.717, 1.165) is 24.2 Å². The van der Waals surface area contributed by atoms with Crippen molar-refractivity contribution >= 4 is 0 Å². The highest BCUT2D eigenvalue weighted by atomic mass is 16.5. The molecule has 148 valence electrons. The van der Waals surface area contributed by atoms with Gasteiger partial charge < -0.3 is 19.5 Å². The summed E-state index contributed by atoms with van der Waals surface area (Å²) in [5.74, 6) is 1.94. The Balaban J connectivity index is 1.62. The zero-order valence-electron chi connectivity index (χ0n) is 16.6. The van der Waals surface area contributed by atoms with E-state index < -0.39 is 0 Å². The second kappa shape index (κ2) is 9.80. The van der Waals surface area contributed by atoms with Gasteiger partial charge in [0.15, 0.2) is 11.5 Å². The molecule has 0 atom stereocenters. The standard InChI is InChI=1S/C22H27N3O3/c1-17-13-24-25(15-17)10-9-23-14-19-11-20(26-2)22(21(12-19)27-3)28-16-18-7-5-4-6-8-18/h4-8,11-13,15,23H,9-10,14,16H2,1-3H3. The first-order valence-electron chi connectivity index (χ1n) is 9.31. The lowest BCUT2D eigenvalue weighted by Gasteiger charge is -2.16. The number of aromatic nitrogens is 2. The van der Waals surface area contributed by atoms with E-state index >= 15 is 0 Å². The monoisotopic (exact) mass is 381 g/mol. The highest BCUT2D eigenvalue weighted by molar-refractivity contribution is 5.54. The largest absolute Gasteiger partial charge is 0.493 e. The molecule has 3 rings (SSSR count). The van der Waals surface area contributed by atoms with Crippen LogP contribution in [0.4, 0.5) is 0 Å². The first-order chi connectivity index (χ1) is 13.7. The summed E-state index contributed by atoms with van der Waals surface area (Å²) in [6, 6.07) is 14.0. The van der Waals surface area contributed by atoms with Crippen LogP contribution in [0.3, 0.4) is 0 Å². The molecule has 0 spiro atoms. The molecule has 0 radical (unpaired) electrons. The Labute approximate surface area is 166 Å². The average Bonchev–Trinajstić information content (AvgIpc) is 3.15. The van der Waals surface area contributed by atoms with Crippen molar-refractivity contribution in [3.63, 3.8) is 0 Å². The zero-order valence-corrected chi connectivity index (χ0v) is 16.6. The molecule has 0 amide bonds. The van der Waals surface area contributed by atoms with Gasteiger partial charge in [0.1, 0.15) is 6.61 Å². The molecule has 1 aromatic heterocycles. The Morgan fingerprint density at radius 3 is 2.32 bits per heavy atom. The van der Waals surface area contributed by atoms with Crippen molar-refractivity contribution < 1.29 is 14.2 Å². The van der Waals surface area contributed by atoms with Crippen LogP contribution in [-0.4, -0.2) is 30.5 Å². The molecule has 0 saturated carbocycles. The number of hydrogen-bond donors (Lipinski definition) is 1. The van der Waals surface area contributed by atoms with Crippen LogP contribution in [0.1, 0.15) is 16.7 Å². The van der Waals surface area contributed by atoms with E-state index in [9.17, 15) is 0 Å². The number of benzene rings is 2. The second-order valence-electron chi connectivity index (χ2n) is 6.56. The van der Waals surface area contributed by atoms with Gasteiger partial charge in [0.2, 0.25) is 5.75 Å². The van der Waals surface area contributed by atoms with Crippen molar-refractivity contribution in [2.45, 2.75) is 26.6 Å². The molecule has 2 aromatic carbocycles. The lowest BCUT2D eigenvalue weighted by molar-refractivity contribution is 0.265. The third-order valence-electron chi connectivity index (χ3n) is 4.36. The highest BCUT2D eigenvalue weighted by Crippen LogP contribution is 2.39. The van der Waals surface area contributed by atoms with E-state index in [2.05, 4.69) is 10.4 Å². The summed E-state index contributed by atoms with van der Waals surface area (Å²) in [6.07, 6.45) is 3.90. The van der Waals surface area contributed by atoms with Crippen molar-refractivity contribution in [2.24, 2.45) is 0 Å². The Hall–Kier alpha value is -2.99. The SMILES string of the molecule is COc1cc(CNCCn2cc(C)cn2)cc(OC)c1OCc1ccccc1. The number of hydrogen-bond acceptors (Lipinski definition) is 5. The molecule has 0 unspecified atom stereocenters. The van der Waals surface area contributed by atoms with E-state index in [-0.39, 0.29) is 0 Å². The second-order valence-corrected chi connectivity index (χ2v) is 6.56. The van der Waals surface area contributed by atoms with Crippen LogP contribution >= 0.6 is 0 Å². The van der Waals surface area contributed by atoms with E-state index in [4.69, 9.17) is 14.2 Å². The molecule has 0 bridgehead atoms. The van der Waals surface area contributed by atoms with Crippen LogP contribution < -0.4 is 19.5 Å². The zero-order chi connectivity index (χ0) is 19.8. The van der Waals surface area contributed by atoms with Gasteiger partial charge in [-0.2, -0.15) is 5.10 Å². The summed E-state index contributed by atoms with van der Waals surface area (Å²) in [4.78, 5) is 0. The number of aryl methyl sites for hydroxylation is 1. The average molecular weight is 381 g/mol. The van der Waals surface area contributed by atoms with Gasteiger partial charge in [-0.05, 0) is 35.7 Å². The maximum absolute atomic E-state index is 5.99. The minimum atomic E-state index is 0.453. The van der Waals surface area contributed by atoms with Crippen LogP contribution in [0.5, 0.6) is 17.2 Å². The first-order valence-corrected chi connectivity index (χ1v) is 9.31. The molecular formula is C22H27N3O3. The Morgan fingerprint density at radius 1 is 1.00 bits per heavy atom. The van der Waals surface area contributed by atoms with Crippen LogP contribution in [0.15, 0.2) is 54.9 Å². The molecule has 0 aliphatic heterocycles. The lowest BCUT2D eigenvalue weighted by atomic mass is 10.1. The molecule has 1 N–H and O–H groups in total. The molecule has 6 nitrogen and oxygen atoms in total. The predicted octanol–water partition coefficient (Wildman–Crippen LogP) is 3.58. The van der Waals surface area contributed by atoms with Gasteiger partial charge >= 0.3 is 0 Å². The third kappa shape index (κ3) is 5.27. The van der Waals surface area contributed by atoms with Crippen LogP contribution in [0.25, 0.3) is 0 Å². The van der Waals surface area contributed by atoms with Gasteiger partial charge in [-0.15, -0.1) is 0 Å². The van der Waals surface area contributed by atoms with Gasteiger partial charge in [-0.1, -0.05) is 30.3 Å². The molecule has 0 aliphatic rings. The summed E-state index contributed by atoms with van der Waals surface area (Å²) >= 11 is 0. The molecule has 0 saturated heterocycles. The quantitative estimate of drug-likeness (QED) is 0.544. The summed E-state index contributed by atoms with van der Waals surface area (Å²) in [7, 11) is 3.28. The Kier molecular flexibility index (Phi) is 6.92. The Bertz CT molecular complexity index is 853. The fourth-order valence-electron chi connectivity index (χ4n) is 2.92. The topological polar surface area (TPSA) is 57.5 Å². The minimum Gasteiger partial charge on any atom is -0.493 e. The van der Waals surface area contributed by atoms with Gasteiger partial charge in [0.05, 0.1) is 27.0 Å². The van der Waals surface area contributed by atoms with E-state index in [1.807, 2.05) is 66.5 Å². The van der Waals surface area contributed by atoms with Crippen molar-refractivity contribution in [3.05, 3.63) is 71.5 Å². The van der Waals surface area contributed by atoms with Crippen molar-refractivity contribution in [2.75, 3.05) is 20.8 Å². The van der Waals surface area contributed by atoms with Crippen LogP contribution in [-0.2, 0) is 19.7 Å². The third-order valence-corrected chi connectivity index (χ3v) is 4.36. The number of nitrogens with one attached hydrogen (secondary N) is 1. The highest BCUT2D eigenvalue weighted by Gasteiger charge is 2.14. The Morgan fingerprint density at radius 2 is 1.71 bits per heavy atom. The van der Waals surface area contributed by atoms with E-state index in [1.165, 1.54) is 5.56 Å². The fraction of sp³-hybridized carbons (Fsp3) is 0.318. The summed E-state index contributed by atoms with van der Waals surface area (Å²) in [5.41, 5.74) is 3.32.